The Balaban J connectivity index is 1.10. The molecule has 11 nitrogen and oxygen atoms in total. The molecule has 0 saturated carbocycles. The number of amides is 3. The first-order chi connectivity index (χ1) is 22.7. The molecule has 1 aromatic heterocycles. The van der Waals surface area contributed by atoms with Gasteiger partial charge < -0.3 is 30.1 Å². The zero-order valence-corrected chi connectivity index (χ0v) is 29.9. The second-order valence-corrected chi connectivity index (χ2v) is 14.7. The Hall–Kier alpha value is -3.13. The summed E-state index contributed by atoms with van der Waals surface area (Å²) < 4.78 is 2.78. The molecule has 0 unspecified atom stereocenters. The van der Waals surface area contributed by atoms with Crippen molar-refractivity contribution in [3.8, 4) is 17.0 Å². The summed E-state index contributed by atoms with van der Waals surface area (Å²) in [5.74, 6) is -0.00474. The molecule has 0 bridgehead atoms. The number of piperidine rings is 2. The number of likely N-dealkylation sites (tertiary alicyclic amines) is 2. The number of H-pyrrole nitrogens is 1. The molecule has 3 aliphatic heterocycles. The van der Waals surface area contributed by atoms with Crippen molar-refractivity contribution in [1.82, 2.24) is 34.5 Å². The number of rotatable bonds is 7. The number of halogens is 2. The van der Waals surface area contributed by atoms with Crippen molar-refractivity contribution in [1.29, 1.82) is 0 Å². The maximum Gasteiger partial charge on any atom is 0.326 e. The summed E-state index contributed by atoms with van der Waals surface area (Å²) in [6.07, 6.45) is 5.72. The van der Waals surface area contributed by atoms with Gasteiger partial charge >= 0.3 is 11.7 Å². The molecule has 0 aliphatic carbocycles. The molecule has 252 valence electrons. The van der Waals surface area contributed by atoms with E-state index in [1.807, 2.05) is 41.4 Å². The predicted molar refractivity (Wildman–Crippen MR) is 189 cm³/mol. The van der Waals surface area contributed by atoms with Crippen LogP contribution in [0.1, 0.15) is 37.3 Å². The van der Waals surface area contributed by atoms with Crippen molar-refractivity contribution in [2.75, 3.05) is 59.4 Å². The second-order valence-electron chi connectivity index (χ2n) is 13.0. The number of aromatic hydroxyl groups is 1. The molecule has 0 radical (unpaired) electrons. The van der Waals surface area contributed by atoms with E-state index >= 15 is 0 Å². The number of imidazole rings is 1. The molecule has 3 saturated heterocycles. The lowest BCUT2D eigenvalue weighted by Gasteiger charge is -2.43. The van der Waals surface area contributed by atoms with Crippen molar-refractivity contribution in [2.24, 2.45) is 0 Å². The quantitative estimate of drug-likeness (QED) is 0.331. The maximum absolute atomic E-state index is 14.0. The number of hydrogen-bond donors (Lipinski definition) is 3. The summed E-state index contributed by atoms with van der Waals surface area (Å²) in [6, 6.07) is 12.8. The molecular weight excluding hydrogens is 730 g/mol. The van der Waals surface area contributed by atoms with Gasteiger partial charge in [0, 0.05) is 64.0 Å². The minimum atomic E-state index is -0.765. The van der Waals surface area contributed by atoms with Gasteiger partial charge in [-0.15, -0.1) is 0 Å². The Morgan fingerprint density at radius 3 is 2.15 bits per heavy atom. The highest BCUT2D eigenvalue weighted by Crippen LogP contribution is 2.34. The van der Waals surface area contributed by atoms with Crippen LogP contribution in [0.5, 0.6) is 5.75 Å². The molecule has 4 heterocycles. The molecule has 3 aliphatic rings. The summed E-state index contributed by atoms with van der Waals surface area (Å²) in [5, 5.41) is 13.3. The molecule has 3 fully saturated rings. The first-order valence-electron chi connectivity index (χ1n) is 16.5. The molecule has 1 atom stereocenters. The summed E-state index contributed by atoms with van der Waals surface area (Å²) in [6.45, 7) is 6.06. The molecule has 3 amide bonds. The van der Waals surface area contributed by atoms with Crippen molar-refractivity contribution in [2.45, 2.75) is 50.2 Å². The fourth-order valence-electron chi connectivity index (χ4n) is 7.09. The Morgan fingerprint density at radius 1 is 0.894 bits per heavy atom. The highest BCUT2D eigenvalue weighted by atomic mass is 79.9. The fraction of sp³-hybridized carbons (Fsp3) is 0.500. The second kappa shape index (κ2) is 15.0. The zero-order valence-electron chi connectivity index (χ0n) is 26.7. The Kier molecular flexibility index (Phi) is 10.7. The fourth-order valence-corrected chi connectivity index (χ4v) is 8.37. The van der Waals surface area contributed by atoms with Gasteiger partial charge in [0.05, 0.1) is 14.6 Å². The first-order valence-corrected chi connectivity index (χ1v) is 18.0. The molecule has 3 N–H and O–H groups in total. The number of aromatic amines is 1. The van der Waals surface area contributed by atoms with Crippen LogP contribution < -0.4 is 11.0 Å². The Labute approximate surface area is 292 Å². The maximum atomic E-state index is 14.0. The van der Waals surface area contributed by atoms with Gasteiger partial charge in [-0.25, -0.2) is 9.59 Å². The van der Waals surface area contributed by atoms with Gasteiger partial charge in [0.1, 0.15) is 11.8 Å². The van der Waals surface area contributed by atoms with E-state index in [9.17, 15) is 19.5 Å². The van der Waals surface area contributed by atoms with Crippen molar-refractivity contribution in [3.05, 3.63) is 73.7 Å². The lowest BCUT2D eigenvalue weighted by Crippen LogP contribution is -2.59. The Morgan fingerprint density at radius 2 is 1.51 bits per heavy atom. The third-order valence-electron chi connectivity index (χ3n) is 9.92. The van der Waals surface area contributed by atoms with Gasteiger partial charge in [0.15, 0.2) is 0 Å². The SMILES string of the molecule is CN1CCC(N2CCN(C(=O)[C@@H](Cc3cc(Br)c(O)c(Br)c3)NC(=O)N3CCC(n4cc(-c5ccccc5)[nH]c4=O)CC3)CC2)CC1. The number of carbonyl (C=O) groups is 2. The van der Waals surface area contributed by atoms with Gasteiger partial charge in [-0.1, -0.05) is 30.3 Å². The average Bonchev–Trinajstić information content (AvgIpc) is 3.48. The van der Waals surface area contributed by atoms with Crippen LogP contribution in [-0.2, 0) is 11.2 Å². The lowest BCUT2D eigenvalue weighted by molar-refractivity contribution is -0.135. The van der Waals surface area contributed by atoms with E-state index in [-0.39, 0.29) is 35.8 Å². The largest absolute Gasteiger partial charge is 0.506 e. The van der Waals surface area contributed by atoms with Crippen molar-refractivity contribution in [3.63, 3.8) is 0 Å². The number of aromatic nitrogens is 2. The zero-order chi connectivity index (χ0) is 33.1. The minimum absolute atomic E-state index is 0.0229. The number of nitrogens with one attached hydrogen (secondary N) is 2. The summed E-state index contributed by atoms with van der Waals surface area (Å²) in [5.41, 5.74) is 2.38. The van der Waals surface area contributed by atoms with Crippen LogP contribution in [0.2, 0.25) is 0 Å². The van der Waals surface area contributed by atoms with E-state index < -0.39 is 6.04 Å². The summed E-state index contributed by atoms with van der Waals surface area (Å²) in [7, 11) is 2.17. The molecule has 3 aromatic rings. The Bertz CT molecular complexity index is 1580. The van der Waals surface area contributed by atoms with E-state index in [4.69, 9.17) is 0 Å². The number of phenolic OH excluding ortho intramolecular Hbond substituents is 1. The van der Waals surface area contributed by atoms with E-state index in [0.717, 1.165) is 55.8 Å². The minimum Gasteiger partial charge on any atom is -0.506 e. The van der Waals surface area contributed by atoms with E-state index in [2.05, 4.69) is 59.0 Å². The molecule has 47 heavy (non-hydrogen) atoms. The third-order valence-corrected chi connectivity index (χ3v) is 11.1. The standard InChI is InChI=1S/C34H43Br2N7O4/c1-39-11-7-25(8-12-39)40-15-17-41(18-16-40)32(45)29(21-23-19-27(35)31(44)28(36)20-23)37-33(46)42-13-9-26(10-14-42)43-22-30(38-34(43)47)24-5-3-2-4-6-24/h2-6,19-20,22,25-26,29,44H,7-18,21H2,1H3,(H,37,46)(H,38,47)/t29-/m1/s1. The van der Waals surface area contributed by atoms with Gasteiger partial charge in [0.2, 0.25) is 5.91 Å². The van der Waals surface area contributed by atoms with Gasteiger partial charge in [-0.3, -0.25) is 14.3 Å². The number of urea groups is 1. The number of piperazine rings is 1. The smallest absolute Gasteiger partial charge is 0.326 e. The number of benzene rings is 2. The third kappa shape index (κ3) is 7.96. The van der Waals surface area contributed by atoms with Crippen LogP contribution in [0.25, 0.3) is 11.3 Å². The van der Waals surface area contributed by atoms with Gasteiger partial charge in [0.25, 0.3) is 0 Å². The topological polar surface area (TPSA) is 117 Å². The van der Waals surface area contributed by atoms with Crippen LogP contribution >= 0.6 is 31.9 Å². The van der Waals surface area contributed by atoms with Crippen LogP contribution in [-0.4, -0.2) is 118 Å². The number of nitrogens with zero attached hydrogens (tertiary/aromatic N) is 5. The normalized spacial score (nSPS) is 19.6. The lowest BCUT2D eigenvalue weighted by atomic mass is 10.0. The van der Waals surface area contributed by atoms with Gasteiger partial charge in [-0.2, -0.15) is 0 Å². The monoisotopic (exact) mass is 771 g/mol. The molecule has 0 spiro atoms. The molecule has 2 aromatic carbocycles. The molecule has 6 rings (SSSR count). The number of phenols is 1. The summed E-state index contributed by atoms with van der Waals surface area (Å²) >= 11 is 6.80. The first kappa shape index (κ1) is 33.8. The van der Waals surface area contributed by atoms with E-state index in [1.165, 1.54) is 0 Å². The van der Waals surface area contributed by atoms with Crippen LogP contribution in [0.4, 0.5) is 4.79 Å². The molecule has 13 heteroatoms. The number of hydrogen-bond acceptors (Lipinski definition) is 6. The van der Waals surface area contributed by atoms with E-state index in [1.54, 1.807) is 21.6 Å². The molecular formula is C34H43Br2N7O4. The van der Waals surface area contributed by atoms with Crippen LogP contribution in [0.3, 0.4) is 0 Å². The van der Waals surface area contributed by atoms with Crippen LogP contribution in [0, 0.1) is 0 Å². The van der Waals surface area contributed by atoms with Crippen molar-refractivity contribution >= 4 is 43.8 Å². The average molecular weight is 774 g/mol. The highest BCUT2D eigenvalue weighted by Gasteiger charge is 2.34. The summed E-state index contributed by atoms with van der Waals surface area (Å²) in [4.78, 5) is 52.0. The van der Waals surface area contributed by atoms with E-state index in [0.29, 0.717) is 54.0 Å². The van der Waals surface area contributed by atoms with Crippen LogP contribution in [0.15, 0.2) is 62.4 Å². The van der Waals surface area contributed by atoms with Crippen molar-refractivity contribution < 1.29 is 14.7 Å². The highest BCUT2D eigenvalue weighted by molar-refractivity contribution is 9.11. The van der Waals surface area contributed by atoms with Gasteiger partial charge in [-0.05, 0) is 101 Å². The predicted octanol–water partition coefficient (Wildman–Crippen LogP) is 4.27. The number of carbonyl (C=O) groups excluding carboxylic acids is 2.